The zero-order valence-electron chi connectivity index (χ0n) is 11.0. The molecule has 6 heteroatoms. The standard InChI is InChI=1S/C14H14N6/c1-9-18-11(13(15)16)12-14(19-9)20(8-17-12)7-10-5-3-2-4-6-10/h2-6,8H,7H2,1H3,(H3,15,16). The van der Waals surface area contributed by atoms with E-state index < -0.39 is 0 Å². The Morgan fingerprint density at radius 3 is 2.70 bits per heavy atom. The molecule has 0 radical (unpaired) electrons. The van der Waals surface area contributed by atoms with Crippen molar-refractivity contribution in [2.45, 2.75) is 13.5 Å². The molecule has 0 unspecified atom stereocenters. The number of imidazole rings is 1. The van der Waals surface area contributed by atoms with Gasteiger partial charge in [-0.15, -0.1) is 0 Å². The van der Waals surface area contributed by atoms with Gasteiger partial charge in [0.15, 0.2) is 5.65 Å². The van der Waals surface area contributed by atoms with Gasteiger partial charge in [0.05, 0.1) is 12.9 Å². The molecule has 0 aliphatic rings. The van der Waals surface area contributed by atoms with Gasteiger partial charge >= 0.3 is 0 Å². The Morgan fingerprint density at radius 2 is 2.00 bits per heavy atom. The van der Waals surface area contributed by atoms with E-state index in [-0.39, 0.29) is 5.84 Å². The molecule has 6 nitrogen and oxygen atoms in total. The molecule has 0 amide bonds. The van der Waals surface area contributed by atoms with Gasteiger partial charge in [-0.05, 0) is 12.5 Å². The zero-order valence-corrected chi connectivity index (χ0v) is 11.0. The van der Waals surface area contributed by atoms with Crippen molar-refractivity contribution in [1.82, 2.24) is 19.5 Å². The minimum absolute atomic E-state index is 0.0922. The average molecular weight is 266 g/mol. The van der Waals surface area contributed by atoms with Crippen molar-refractivity contribution in [2.75, 3.05) is 0 Å². The van der Waals surface area contributed by atoms with Crippen molar-refractivity contribution in [3.05, 3.63) is 53.7 Å². The monoisotopic (exact) mass is 266 g/mol. The van der Waals surface area contributed by atoms with E-state index in [0.717, 1.165) is 5.56 Å². The number of hydrogen-bond donors (Lipinski definition) is 2. The third-order valence-electron chi connectivity index (χ3n) is 3.03. The van der Waals surface area contributed by atoms with Crippen LogP contribution < -0.4 is 5.73 Å². The second kappa shape index (κ2) is 4.73. The molecule has 3 rings (SSSR count). The number of benzene rings is 1. The van der Waals surface area contributed by atoms with Crippen LogP contribution in [0.2, 0.25) is 0 Å². The van der Waals surface area contributed by atoms with Crippen LogP contribution in [-0.4, -0.2) is 25.4 Å². The summed E-state index contributed by atoms with van der Waals surface area (Å²) in [6.45, 7) is 2.46. The molecule has 0 aliphatic heterocycles. The molecule has 0 saturated carbocycles. The van der Waals surface area contributed by atoms with Gasteiger partial charge in [-0.3, -0.25) is 5.41 Å². The van der Waals surface area contributed by atoms with Gasteiger partial charge in [0.1, 0.15) is 22.9 Å². The van der Waals surface area contributed by atoms with E-state index in [9.17, 15) is 0 Å². The number of nitrogen functional groups attached to an aromatic ring is 1. The largest absolute Gasteiger partial charge is 0.382 e. The lowest BCUT2D eigenvalue weighted by molar-refractivity contribution is 0.810. The van der Waals surface area contributed by atoms with Gasteiger partial charge in [0, 0.05) is 0 Å². The Bertz CT molecular complexity index is 775. The minimum Gasteiger partial charge on any atom is -0.382 e. The van der Waals surface area contributed by atoms with Gasteiger partial charge in [0.2, 0.25) is 0 Å². The lowest BCUT2D eigenvalue weighted by Crippen LogP contribution is -2.15. The molecule has 3 aromatic rings. The van der Waals surface area contributed by atoms with Crippen LogP contribution in [0.15, 0.2) is 36.7 Å². The number of fused-ring (bicyclic) bond motifs is 1. The molecule has 0 atom stereocenters. The first-order valence-electron chi connectivity index (χ1n) is 6.23. The van der Waals surface area contributed by atoms with Crippen molar-refractivity contribution in [3.63, 3.8) is 0 Å². The average Bonchev–Trinajstić information content (AvgIpc) is 2.82. The molecule has 0 bridgehead atoms. The van der Waals surface area contributed by atoms with Gasteiger partial charge in [-0.1, -0.05) is 30.3 Å². The molecule has 0 saturated heterocycles. The summed E-state index contributed by atoms with van der Waals surface area (Å²) < 4.78 is 1.94. The molecule has 0 aliphatic carbocycles. The molecular weight excluding hydrogens is 252 g/mol. The molecule has 2 aromatic heterocycles. The van der Waals surface area contributed by atoms with Crippen molar-refractivity contribution < 1.29 is 0 Å². The third kappa shape index (κ3) is 2.11. The number of aryl methyl sites for hydroxylation is 1. The van der Waals surface area contributed by atoms with E-state index in [4.69, 9.17) is 11.1 Å². The van der Waals surface area contributed by atoms with E-state index >= 15 is 0 Å². The first kappa shape index (κ1) is 12.3. The van der Waals surface area contributed by atoms with Crippen molar-refractivity contribution >= 4 is 17.0 Å². The van der Waals surface area contributed by atoms with Crippen molar-refractivity contribution in [2.24, 2.45) is 5.73 Å². The fourth-order valence-corrected chi connectivity index (χ4v) is 2.14. The summed E-state index contributed by atoms with van der Waals surface area (Å²) >= 11 is 0. The minimum atomic E-state index is -0.0922. The topological polar surface area (TPSA) is 93.5 Å². The SMILES string of the molecule is Cc1nc(C(=N)N)c2ncn(Cc3ccccc3)c2n1. The Hall–Kier alpha value is -2.76. The molecule has 1 aromatic carbocycles. The lowest BCUT2D eigenvalue weighted by Gasteiger charge is -2.05. The molecule has 2 heterocycles. The predicted molar refractivity (Wildman–Crippen MR) is 76.6 cm³/mol. The maximum Gasteiger partial charge on any atom is 0.164 e. The van der Waals surface area contributed by atoms with Crippen molar-refractivity contribution in [3.8, 4) is 0 Å². The lowest BCUT2D eigenvalue weighted by atomic mass is 10.2. The van der Waals surface area contributed by atoms with E-state index in [1.54, 1.807) is 13.3 Å². The fourth-order valence-electron chi connectivity index (χ4n) is 2.14. The van der Waals surface area contributed by atoms with Gasteiger partial charge in [-0.2, -0.15) is 0 Å². The smallest absolute Gasteiger partial charge is 0.164 e. The van der Waals surface area contributed by atoms with Crippen LogP contribution in [0.4, 0.5) is 0 Å². The number of amidine groups is 1. The number of nitrogens with one attached hydrogen (secondary N) is 1. The van der Waals surface area contributed by atoms with E-state index in [1.807, 2.05) is 34.9 Å². The highest BCUT2D eigenvalue weighted by Crippen LogP contribution is 2.15. The maximum atomic E-state index is 7.58. The molecule has 100 valence electrons. The summed E-state index contributed by atoms with van der Waals surface area (Å²) in [6, 6.07) is 10.1. The highest BCUT2D eigenvalue weighted by atomic mass is 15.1. The molecule has 0 fully saturated rings. The summed E-state index contributed by atoms with van der Waals surface area (Å²) in [5, 5.41) is 7.58. The summed E-state index contributed by atoms with van der Waals surface area (Å²) in [4.78, 5) is 12.9. The number of aromatic nitrogens is 4. The van der Waals surface area contributed by atoms with E-state index in [1.165, 1.54) is 0 Å². The maximum absolute atomic E-state index is 7.58. The first-order valence-corrected chi connectivity index (χ1v) is 6.23. The van der Waals surface area contributed by atoms with Gasteiger partial charge in [0.25, 0.3) is 0 Å². The van der Waals surface area contributed by atoms with Crippen molar-refractivity contribution in [1.29, 1.82) is 5.41 Å². The number of nitrogens with zero attached hydrogens (tertiary/aromatic N) is 4. The normalized spacial score (nSPS) is 10.8. The fraction of sp³-hybridized carbons (Fsp3) is 0.143. The van der Waals surface area contributed by atoms with Crippen LogP contribution >= 0.6 is 0 Å². The van der Waals surface area contributed by atoms with Crippen LogP contribution in [0.25, 0.3) is 11.2 Å². The second-order valence-corrected chi connectivity index (χ2v) is 4.56. The highest BCUT2D eigenvalue weighted by Gasteiger charge is 2.13. The van der Waals surface area contributed by atoms with Crippen LogP contribution in [0.5, 0.6) is 0 Å². The summed E-state index contributed by atoms with van der Waals surface area (Å²) in [5.74, 6) is 0.489. The number of nitrogens with two attached hydrogens (primary N) is 1. The summed E-state index contributed by atoms with van der Waals surface area (Å²) in [5.41, 5.74) is 8.37. The predicted octanol–water partition coefficient (Wildman–Crippen LogP) is 1.47. The van der Waals surface area contributed by atoms with E-state index in [0.29, 0.717) is 29.2 Å². The summed E-state index contributed by atoms with van der Waals surface area (Å²) in [7, 11) is 0. The van der Waals surface area contributed by atoms with Crippen LogP contribution in [-0.2, 0) is 6.54 Å². The Kier molecular flexibility index (Phi) is 2.90. The molecular formula is C14H14N6. The van der Waals surface area contributed by atoms with Crippen LogP contribution in [0, 0.1) is 12.3 Å². The van der Waals surface area contributed by atoms with Gasteiger partial charge < -0.3 is 10.3 Å². The second-order valence-electron chi connectivity index (χ2n) is 4.56. The van der Waals surface area contributed by atoms with E-state index in [2.05, 4.69) is 15.0 Å². The Labute approximate surface area is 115 Å². The third-order valence-corrected chi connectivity index (χ3v) is 3.03. The van der Waals surface area contributed by atoms with Crippen LogP contribution in [0.1, 0.15) is 17.1 Å². The van der Waals surface area contributed by atoms with Crippen LogP contribution in [0.3, 0.4) is 0 Å². The first-order chi connectivity index (χ1) is 9.65. The molecule has 20 heavy (non-hydrogen) atoms. The molecule has 0 spiro atoms. The quantitative estimate of drug-likeness (QED) is 0.554. The Morgan fingerprint density at radius 1 is 1.25 bits per heavy atom. The number of rotatable bonds is 3. The van der Waals surface area contributed by atoms with Gasteiger partial charge in [-0.25, -0.2) is 15.0 Å². The number of hydrogen-bond acceptors (Lipinski definition) is 4. The highest BCUT2D eigenvalue weighted by molar-refractivity contribution is 6.02. The Balaban J connectivity index is 2.12. The molecule has 3 N–H and O–H groups in total. The zero-order chi connectivity index (χ0) is 14.1. The summed E-state index contributed by atoms with van der Waals surface area (Å²) in [6.07, 6.45) is 1.71.